The van der Waals surface area contributed by atoms with Crippen molar-refractivity contribution in [1.82, 2.24) is 0 Å². The molecule has 2 nitrogen and oxygen atoms in total. The summed E-state index contributed by atoms with van der Waals surface area (Å²) in [5.41, 5.74) is 4.50. The van der Waals surface area contributed by atoms with Gasteiger partial charge in [0.1, 0.15) is 11.5 Å². The van der Waals surface area contributed by atoms with E-state index in [9.17, 15) is 0 Å². The Morgan fingerprint density at radius 3 is 2.68 bits per heavy atom. The molecule has 0 aromatic carbocycles. The summed E-state index contributed by atoms with van der Waals surface area (Å²) in [6.45, 7) is 8.46. The van der Waals surface area contributed by atoms with Gasteiger partial charge in [0.2, 0.25) is 0 Å². The third kappa shape index (κ3) is 6.67. The number of methoxy groups -OCH3 is 2. The number of hydrogen-bond acceptors (Lipinski definition) is 2. The van der Waals surface area contributed by atoms with Crippen LogP contribution >= 0.6 is 31.9 Å². The molecule has 0 saturated carbocycles. The van der Waals surface area contributed by atoms with E-state index in [0.29, 0.717) is 0 Å². The molecular formula is C21H28Br2O2. The minimum absolute atomic E-state index is 0.826. The largest absolute Gasteiger partial charge is 0.501 e. The Balaban J connectivity index is 3.28. The molecule has 0 aliphatic heterocycles. The van der Waals surface area contributed by atoms with Crippen LogP contribution in [-0.4, -0.2) is 14.2 Å². The Kier molecular flexibility index (Phi) is 10.2. The van der Waals surface area contributed by atoms with Crippen LogP contribution in [0.2, 0.25) is 0 Å². The summed E-state index contributed by atoms with van der Waals surface area (Å²) in [6.07, 6.45) is 11.4. The van der Waals surface area contributed by atoms with E-state index in [4.69, 9.17) is 9.47 Å². The van der Waals surface area contributed by atoms with E-state index in [1.165, 1.54) is 5.57 Å². The van der Waals surface area contributed by atoms with Crippen LogP contribution in [0.5, 0.6) is 0 Å². The minimum Gasteiger partial charge on any atom is -0.501 e. The Labute approximate surface area is 169 Å². The monoisotopic (exact) mass is 470 g/mol. The predicted molar refractivity (Wildman–Crippen MR) is 115 cm³/mol. The highest BCUT2D eigenvalue weighted by molar-refractivity contribution is 9.12. The number of allylic oxidation sites excluding steroid dienone is 8. The first-order valence-corrected chi connectivity index (χ1v) is 10.2. The molecule has 0 fully saturated rings. The van der Waals surface area contributed by atoms with E-state index in [0.717, 1.165) is 64.8 Å². The van der Waals surface area contributed by atoms with Crippen molar-refractivity contribution < 1.29 is 9.47 Å². The van der Waals surface area contributed by atoms with Crippen LogP contribution < -0.4 is 0 Å². The fourth-order valence-corrected chi connectivity index (χ4v) is 3.83. The van der Waals surface area contributed by atoms with Crippen molar-refractivity contribution in [2.75, 3.05) is 14.2 Å². The highest BCUT2D eigenvalue weighted by Crippen LogP contribution is 2.36. The fraction of sp³-hybridized carbons (Fsp3) is 0.429. The van der Waals surface area contributed by atoms with Crippen molar-refractivity contribution >= 4 is 31.9 Å². The predicted octanol–water partition coefficient (Wildman–Crippen LogP) is 7.46. The standard InChI is InChI=1S/C21H28Br2O2/c1-15-10-9-12-18(21(25-5)19(23)14-15)20(17(3)24-4)16(2)11-7-6-8-13-22/h8,12-14H,2,6-7,9-11H2,1,3-5H3/b13-8?,15-14+,18-12?,20-17-,21-19-. The molecule has 0 unspecified atom stereocenters. The number of halogens is 2. The molecule has 0 aromatic heterocycles. The van der Waals surface area contributed by atoms with Crippen LogP contribution in [0.15, 0.2) is 68.1 Å². The molecule has 0 spiro atoms. The Morgan fingerprint density at radius 1 is 1.36 bits per heavy atom. The molecule has 0 atom stereocenters. The molecule has 0 radical (unpaired) electrons. The summed E-state index contributed by atoms with van der Waals surface area (Å²) in [6, 6.07) is 0. The van der Waals surface area contributed by atoms with Gasteiger partial charge in [-0.25, -0.2) is 0 Å². The van der Waals surface area contributed by atoms with Gasteiger partial charge >= 0.3 is 0 Å². The Bertz CT molecular complexity index is 634. The van der Waals surface area contributed by atoms with Crippen LogP contribution in [0.3, 0.4) is 0 Å². The smallest absolute Gasteiger partial charge is 0.140 e. The normalized spacial score (nSPS) is 21.7. The first kappa shape index (κ1) is 22.0. The van der Waals surface area contributed by atoms with Crippen molar-refractivity contribution in [1.29, 1.82) is 0 Å². The lowest BCUT2D eigenvalue weighted by Gasteiger charge is -2.21. The Hall–Kier alpha value is -1.00. The van der Waals surface area contributed by atoms with Crippen molar-refractivity contribution in [2.24, 2.45) is 0 Å². The summed E-state index contributed by atoms with van der Waals surface area (Å²) < 4.78 is 12.3. The van der Waals surface area contributed by atoms with Crippen molar-refractivity contribution in [3.05, 3.63) is 68.1 Å². The van der Waals surface area contributed by atoms with E-state index < -0.39 is 0 Å². The van der Waals surface area contributed by atoms with Gasteiger partial charge in [0.05, 0.1) is 18.7 Å². The van der Waals surface area contributed by atoms with E-state index in [1.807, 2.05) is 11.9 Å². The van der Waals surface area contributed by atoms with Gasteiger partial charge in [-0.3, -0.25) is 0 Å². The van der Waals surface area contributed by atoms with Gasteiger partial charge in [0.15, 0.2) is 0 Å². The maximum absolute atomic E-state index is 5.74. The van der Waals surface area contributed by atoms with E-state index in [1.54, 1.807) is 14.2 Å². The number of rotatable bonds is 8. The minimum atomic E-state index is 0.826. The molecule has 0 bridgehead atoms. The molecule has 138 valence electrons. The molecule has 0 N–H and O–H groups in total. The highest BCUT2D eigenvalue weighted by Gasteiger charge is 2.21. The molecule has 0 amide bonds. The molecule has 0 aromatic rings. The second-order valence-electron chi connectivity index (χ2n) is 6.02. The van der Waals surface area contributed by atoms with Crippen LogP contribution in [-0.2, 0) is 9.47 Å². The first-order valence-electron chi connectivity index (χ1n) is 8.46. The summed E-state index contributed by atoms with van der Waals surface area (Å²) in [5, 5.41) is 0. The molecule has 1 rings (SSSR count). The first-order chi connectivity index (χ1) is 12.0. The van der Waals surface area contributed by atoms with Gasteiger partial charge in [-0.2, -0.15) is 0 Å². The molecule has 0 heterocycles. The van der Waals surface area contributed by atoms with Crippen molar-refractivity contribution in [2.45, 2.75) is 46.0 Å². The zero-order chi connectivity index (χ0) is 18.8. The van der Waals surface area contributed by atoms with Crippen molar-refractivity contribution in [3.8, 4) is 0 Å². The molecule has 0 saturated heterocycles. The third-order valence-electron chi connectivity index (χ3n) is 4.15. The maximum atomic E-state index is 5.74. The lowest BCUT2D eigenvalue weighted by Crippen LogP contribution is -2.06. The van der Waals surface area contributed by atoms with Gasteiger partial charge in [-0.1, -0.05) is 40.2 Å². The van der Waals surface area contributed by atoms with Crippen LogP contribution in [0.25, 0.3) is 0 Å². The quantitative estimate of drug-likeness (QED) is 0.207. The summed E-state index contributed by atoms with van der Waals surface area (Å²) in [7, 11) is 3.41. The SMILES string of the molecule is C=C(CCCC=CBr)/C(C1=CCC/C(C)=C/C(Br)=C\1OC)=C(\C)OC. The van der Waals surface area contributed by atoms with Crippen LogP contribution in [0.1, 0.15) is 46.0 Å². The average molecular weight is 472 g/mol. The average Bonchev–Trinajstić information content (AvgIpc) is 2.57. The second-order valence-corrected chi connectivity index (χ2v) is 7.40. The lowest BCUT2D eigenvalue weighted by molar-refractivity contribution is 0.284. The number of hydrogen-bond donors (Lipinski definition) is 0. The molecule has 25 heavy (non-hydrogen) atoms. The summed E-state index contributed by atoms with van der Waals surface area (Å²) >= 11 is 6.98. The van der Waals surface area contributed by atoms with Crippen LogP contribution in [0, 0.1) is 0 Å². The topological polar surface area (TPSA) is 18.5 Å². The van der Waals surface area contributed by atoms with Gasteiger partial charge in [-0.15, -0.1) is 0 Å². The van der Waals surface area contributed by atoms with E-state index in [2.05, 4.69) is 63.6 Å². The maximum Gasteiger partial charge on any atom is 0.140 e. The second kappa shape index (κ2) is 11.6. The van der Waals surface area contributed by atoms with Gasteiger partial charge < -0.3 is 9.47 Å². The van der Waals surface area contributed by atoms with Gasteiger partial charge in [-0.05, 0) is 78.5 Å². The summed E-state index contributed by atoms with van der Waals surface area (Å²) in [4.78, 5) is 1.90. The zero-order valence-corrected chi connectivity index (χ0v) is 18.8. The van der Waals surface area contributed by atoms with Crippen LogP contribution in [0.4, 0.5) is 0 Å². The third-order valence-corrected chi connectivity index (χ3v) is 5.11. The molecule has 4 heteroatoms. The van der Waals surface area contributed by atoms with E-state index in [-0.39, 0.29) is 0 Å². The molecule has 1 aliphatic carbocycles. The lowest BCUT2D eigenvalue weighted by atomic mass is 9.90. The highest BCUT2D eigenvalue weighted by atomic mass is 79.9. The fourth-order valence-electron chi connectivity index (χ4n) is 2.80. The van der Waals surface area contributed by atoms with Gasteiger partial charge in [0, 0.05) is 11.1 Å². The number of ether oxygens (including phenoxy) is 2. The zero-order valence-electron chi connectivity index (χ0n) is 15.6. The Morgan fingerprint density at radius 2 is 2.08 bits per heavy atom. The summed E-state index contributed by atoms with van der Waals surface area (Å²) in [5.74, 6) is 1.69. The van der Waals surface area contributed by atoms with Gasteiger partial charge in [0.25, 0.3) is 0 Å². The molecular weight excluding hydrogens is 444 g/mol. The number of unbranched alkanes of at least 4 members (excludes halogenated alkanes) is 1. The van der Waals surface area contributed by atoms with Crippen molar-refractivity contribution in [3.63, 3.8) is 0 Å². The molecule has 1 aliphatic rings. The van der Waals surface area contributed by atoms with E-state index >= 15 is 0 Å².